The summed E-state index contributed by atoms with van der Waals surface area (Å²) in [6.07, 6.45) is 3.37. The van der Waals surface area contributed by atoms with Crippen LogP contribution in [0.4, 0.5) is 5.69 Å². The molecule has 4 rings (SSSR count). The molecule has 8 heteroatoms. The lowest BCUT2D eigenvalue weighted by atomic mass is 10.2. The third-order valence-corrected chi connectivity index (χ3v) is 5.33. The minimum absolute atomic E-state index is 0.134. The van der Waals surface area contributed by atoms with Gasteiger partial charge in [-0.25, -0.2) is 0 Å². The van der Waals surface area contributed by atoms with Gasteiger partial charge in [0.15, 0.2) is 5.16 Å². The number of hydrogen-bond donors (Lipinski definition) is 1. The van der Waals surface area contributed by atoms with Crippen molar-refractivity contribution in [2.45, 2.75) is 18.7 Å². The third-order valence-electron chi connectivity index (χ3n) is 4.39. The van der Waals surface area contributed by atoms with Crippen LogP contribution in [0.2, 0.25) is 0 Å². The molecule has 0 bridgehead atoms. The standard InChI is InChI=1S/C23H21N5O2S/c1-17-8-10-20(11-9-17)28-16-25-27-23(28)31-15-22(29)26-18-6-4-7-21(13-18)30-14-19-5-2-3-12-24-19/h2-13,16H,14-15H2,1H3,(H,26,29). The van der Waals surface area contributed by atoms with Crippen LogP contribution in [0.5, 0.6) is 5.75 Å². The van der Waals surface area contributed by atoms with Gasteiger partial charge in [0, 0.05) is 23.6 Å². The average Bonchev–Trinajstić information content (AvgIpc) is 3.26. The zero-order chi connectivity index (χ0) is 21.5. The van der Waals surface area contributed by atoms with Gasteiger partial charge in [0.25, 0.3) is 0 Å². The van der Waals surface area contributed by atoms with E-state index in [0.717, 1.165) is 11.4 Å². The van der Waals surface area contributed by atoms with Crippen LogP contribution in [0.25, 0.3) is 5.69 Å². The predicted molar refractivity (Wildman–Crippen MR) is 120 cm³/mol. The molecule has 0 aliphatic carbocycles. The Kier molecular flexibility index (Phi) is 6.59. The summed E-state index contributed by atoms with van der Waals surface area (Å²) in [5.41, 5.74) is 3.64. The molecular formula is C23H21N5O2S. The smallest absolute Gasteiger partial charge is 0.234 e. The summed E-state index contributed by atoms with van der Waals surface area (Å²) >= 11 is 1.33. The Hall–Kier alpha value is -3.65. The van der Waals surface area contributed by atoms with Gasteiger partial charge >= 0.3 is 0 Å². The van der Waals surface area contributed by atoms with Crippen molar-refractivity contribution >= 4 is 23.4 Å². The summed E-state index contributed by atoms with van der Waals surface area (Å²) < 4.78 is 7.63. The van der Waals surface area contributed by atoms with Crippen LogP contribution in [-0.4, -0.2) is 31.4 Å². The van der Waals surface area contributed by atoms with Gasteiger partial charge < -0.3 is 10.1 Å². The number of pyridine rings is 1. The maximum Gasteiger partial charge on any atom is 0.234 e. The van der Waals surface area contributed by atoms with Crippen molar-refractivity contribution in [2.24, 2.45) is 0 Å². The lowest BCUT2D eigenvalue weighted by Crippen LogP contribution is -2.14. The number of ether oxygens (including phenoxy) is 1. The number of aryl methyl sites for hydroxylation is 1. The van der Waals surface area contributed by atoms with Crippen LogP contribution >= 0.6 is 11.8 Å². The molecule has 0 fully saturated rings. The van der Waals surface area contributed by atoms with Crippen molar-refractivity contribution in [2.75, 3.05) is 11.1 Å². The number of nitrogens with one attached hydrogen (secondary N) is 1. The van der Waals surface area contributed by atoms with E-state index >= 15 is 0 Å². The number of thioether (sulfide) groups is 1. The van der Waals surface area contributed by atoms with Crippen LogP contribution in [0, 0.1) is 6.92 Å². The van der Waals surface area contributed by atoms with Crippen molar-refractivity contribution in [3.63, 3.8) is 0 Å². The van der Waals surface area contributed by atoms with Crippen molar-refractivity contribution in [1.29, 1.82) is 0 Å². The summed E-state index contributed by atoms with van der Waals surface area (Å²) in [6.45, 7) is 2.40. The number of amides is 1. The van der Waals surface area contributed by atoms with Gasteiger partial charge in [-0.1, -0.05) is 41.6 Å². The molecule has 0 radical (unpaired) electrons. The Morgan fingerprint density at radius 1 is 1.10 bits per heavy atom. The number of hydrogen-bond acceptors (Lipinski definition) is 6. The first-order chi connectivity index (χ1) is 15.2. The zero-order valence-electron chi connectivity index (χ0n) is 16.9. The van der Waals surface area contributed by atoms with Crippen LogP contribution < -0.4 is 10.1 Å². The Labute approximate surface area is 184 Å². The predicted octanol–water partition coefficient (Wildman–Crippen LogP) is 4.28. The SMILES string of the molecule is Cc1ccc(-n2cnnc2SCC(=O)Nc2cccc(OCc3ccccn3)c2)cc1. The monoisotopic (exact) mass is 431 g/mol. The molecule has 7 nitrogen and oxygen atoms in total. The summed E-state index contributed by atoms with van der Waals surface area (Å²) in [5, 5.41) is 11.7. The molecule has 4 aromatic rings. The van der Waals surface area contributed by atoms with Gasteiger partial charge in [-0.05, 0) is 43.3 Å². The van der Waals surface area contributed by atoms with E-state index < -0.39 is 0 Å². The van der Waals surface area contributed by atoms with Crippen LogP contribution in [0.15, 0.2) is 84.4 Å². The summed E-state index contributed by atoms with van der Waals surface area (Å²) in [6, 6.07) is 21.0. The first kappa shape index (κ1) is 20.6. The fourth-order valence-corrected chi connectivity index (χ4v) is 3.57. The van der Waals surface area contributed by atoms with Crippen molar-refractivity contribution in [1.82, 2.24) is 19.7 Å². The molecule has 2 heterocycles. The highest BCUT2D eigenvalue weighted by molar-refractivity contribution is 7.99. The Morgan fingerprint density at radius 3 is 2.77 bits per heavy atom. The fourth-order valence-electron chi connectivity index (χ4n) is 2.84. The summed E-state index contributed by atoms with van der Waals surface area (Å²) in [4.78, 5) is 16.7. The van der Waals surface area contributed by atoms with E-state index in [-0.39, 0.29) is 11.7 Å². The number of rotatable bonds is 8. The van der Waals surface area contributed by atoms with E-state index in [0.29, 0.717) is 23.2 Å². The maximum absolute atomic E-state index is 12.5. The second-order valence-electron chi connectivity index (χ2n) is 6.79. The highest BCUT2D eigenvalue weighted by Gasteiger charge is 2.11. The van der Waals surface area contributed by atoms with Gasteiger partial charge in [-0.3, -0.25) is 14.3 Å². The molecule has 2 aromatic heterocycles. The van der Waals surface area contributed by atoms with Gasteiger partial charge in [0.05, 0.1) is 11.4 Å². The molecule has 2 aromatic carbocycles. The molecular weight excluding hydrogens is 410 g/mol. The van der Waals surface area contributed by atoms with Gasteiger partial charge in [0.1, 0.15) is 18.7 Å². The van der Waals surface area contributed by atoms with Gasteiger partial charge in [0.2, 0.25) is 5.91 Å². The number of aromatic nitrogens is 4. The zero-order valence-corrected chi connectivity index (χ0v) is 17.7. The average molecular weight is 432 g/mol. The Balaban J connectivity index is 1.32. The molecule has 1 N–H and O–H groups in total. The molecule has 1 amide bonds. The van der Waals surface area contributed by atoms with E-state index in [9.17, 15) is 4.79 Å². The maximum atomic E-state index is 12.5. The minimum atomic E-state index is -0.134. The fraction of sp³-hybridized carbons (Fsp3) is 0.130. The van der Waals surface area contributed by atoms with Gasteiger partial charge in [-0.15, -0.1) is 10.2 Å². The quantitative estimate of drug-likeness (QED) is 0.419. The highest BCUT2D eigenvalue weighted by Crippen LogP contribution is 2.22. The van der Waals surface area contributed by atoms with E-state index in [1.165, 1.54) is 17.3 Å². The van der Waals surface area contributed by atoms with Crippen LogP contribution in [-0.2, 0) is 11.4 Å². The van der Waals surface area contributed by atoms with Crippen molar-refractivity contribution < 1.29 is 9.53 Å². The molecule has 0 saturated carbocycles. The molecule has 0 saturated heterocycles. The number of carbonyl (C=O) groups is 1. The first-order valence-electron chi connectivity index (χ1n) is 9.70. The lowest BCUT2D eigenvalue weighted by Gasteiger charge is -2.09. The number of benzene rings is 2. The highest BCUT2D eigenvalue weighted by atomic mass is 32.2. The van der Waals surface area contributed by atoms with Crippen molar-refractivity contribution in [3.8, 4) is 11.4 Å². The van der Waals surface area contributed by atoms with Gasteiger partial charge in [-0.2, -0.15) is 0 Å². The van der Waals surface area contributed by atoms with Crippen LogP contribution in [0.3, 0.4) is 0 Å². The van der Waals surface area contributed by atoms with E-state index in [1.807, 2.05) is 72.2 Å². The normalized spacial score (nSPS) is 10.6. The first-order valence-corrected chi connectivity index (χ1v) is 10.7. The summed E-state index contributed by atoms with van der Waals surface area (Å²) in [7, 11) is 0. The molecule has 0 spiro atoms. The molecule has 0 aliphatic rings. The van der Waals surface area contributed by atoms with E-state index in [2.05, 4.69) is 20.5 Å². The van der Waals surface area contributed by atoms with E-state index in [4.69, 9.17) is 4.74 Å². The van der Waals surface area contributed by atoms with Crippen LogP contribution in [0.1, 0.15) is 11.3 Å². The van der Waals surface area contributed by atoms with E-state index in [1.54, 1.807) is 18.6 Å². The Bertz CT molecular complexity index is 1150. The molecule has 0 atom stereocenters. The number of carbonyl (C=O) groups excluding carboxylic acids is 1. The number of anilines is 1. The largest absolute Gasteiger partial charge is 0.487 e. The molecule has 156 valence electrons. The number of nitrogens with zero attached hydrogens (tertiary/aromatic N) is 4. The second-order valence-corrected chi connectivity index (χ2v) is 7.74. The Morgan fingerprint density at radius 2 is 1.97 bits per heavy atom. The second kappa shape index (κ2) is 9.90. The van der Waals surface area contributed by atoms with Crippen molar-refractivity contribution in [3.05, 3.63) is 90.5 Å². The molecule has 31 heavy (non-hydrogen) atoms. The minimum Gasteiger partial charge on any atom is -0.487 e. The topological polar surface area (TPSA) is 81.9 Å². The summed E-state index contributed by atoms with van der Waals surface area (Å²) in [5.74, 6) is 0.740. The lowest BCUT2D eigenvalue weighted by molar-refractivity contribution is -0.113. The molecule has 0 unspecified atom stereocenters. The third kappa shape index (κ3) is 5.70. The molecule has 0 aliphatic heterocycles.